The van der Waals surface area contributed by atoms with Crippen molar-refractivity contribution in [3.8, 4) is 0 Å². The molecule has 0 amide bonds. The maximum Gasteiger partial charge on any atom is 0.294 e. The summed E-state index contributed by atoms with van der Waals surface area (Å²) in [6.45, 7) is 1.41. The summed E-state index contributed by atoms with van der Waals surface area (Å²) < 4.78 is 32.1. The monoisotopic (exact) mass is 295 g/mol. The van der Waals surface area contributed by atoms with Crippen LogP contribution in [-0.2, 0) is 10.1 Å². The van der Waals surface area contributed by atoms with E-state index in [1.807, 2.05) is 0 Å². The first kappa shape index (κ1) is 14.4. The Balaban J connectivity index is 2.63. The lowest BCUT2D eigenvalue weighted by atomic mass is 9.85. The minimum Gasteiger partial charge on any atom is -0.282 e. The Morgan fingerprint density at radius 1 is 1.30 bits per heavy atom. The quantitative estimate of drug-likeness (QED) is 0.524. The lowest BCUT2D eigenvalue weighted by Gasteiger charge is -2.24. The fourth-order valence-corrected chi connectivity index (χ4v) is 2.85. The molecule has 0 bridgehead atoms. The molecule has 0 spiro atoms. The zero-order valence-electron chi connectivity index (χ0n) is 10.7. The van der Waals surface area contributed by atoms with Crippen LogP contribution in [0.3, 0.4) is 0 Å². The molecule has 1 aromatic carbocycles. The van der Waals surface area contributed by atoms with Gasteiger partial charge in [-0.2, -0.15) is 8.42 Å². The zero-order chi connectivity index (χ0) is 15.0. The lowest BCUT2D eigenvalue weighted by Crippen LogP contribution is -2.35. The standard InChI is InChI=1S/C13H13NO5S/c1-13(14(15)16)8-7-12(20(17,18)19)11(9-13)10-5-3-2-4-6-10/h2-8H,9H2,1H3,(H,17,18,19). The van der Waals surface area contributed by atoms with E-state index in [1.54, 1.807) is 30.3 Å². The van der Waals surface area contributed by atoms with Crippen molar-refractivity contribution in [2.45, 2.75) is 18.9 Å². The van der Waals surface area contributed by atoms with Crippen molar-refractivity contribution in [1.29, 1.82) is 0 Å². The third-order valence-corrected chi connectivity index (χ3v) is 4.18. The molecule has 2 rings (SSSR count). The third-order valence-electron chi connectivity index (χ3n) is 3.24. The molecule has 0 fully saturated rings. The van der Waals surface area contributed by atoms with Crippen molar-refractivity contribution < 1.29 is 17.9 Å². The summed E-state index contributed by atoms with van der Waals surface area (Å²) in [5.74, 6) is 0. The molecule has 0 saturated heterocycles. The van der Waals surface area contributed by atoms with E-state index in [1.165, 1.54) is 13.0 Å². The number of allylic oxidation sites excluding steroid dienone is 1. The summed E-state index contributed by atoms with van der Waals surface area (Å²) in [4.78, 5) is 10.4. The van der Waals surface area contributed by atoms with Crippen LogP contribution >= 0.6 is 0 Å². The molecule has 0 aromatic heterocycles. The van der Waals surface area contributed by atoms with Crippen LogP contribution in [0.1, 0.15) is 18.9 Å². The molecule has 1 aliphatic rings. The van der Waals surface area contributed by atoms with Crippen LogP contribution < -0.4 is 0 Å². The molecular weight excluding hydrogens is 282 g/mol. The summed E-state index contributed by atoms with van der Waals surface area (Å²) in [6, 6.07) is 8.46. The summed E-state index contributed by atoms with van der Waals surface area (Å²) in [7, 11) is -4.43. The van der Waals surface area contributed by atoms with E-state index < -0.39 is 20.6 Å². The summed E-state index contributed by atoms with van der Waals surface area (Å²) in [5, 5.41) is 11.1. The van der Waals surface area contributed by atoms with Crippen molar-refractivity contribution in [1.82, 2.24) is 0 Å². The minimum absolute atomic E-state index is 0.102. The number of nitrogens with zero attached hydrogens (tertiary/aromatic N) is 1. The molecule has 7 heteroatoms. The third kappa shape index (κ3) is 2.63. The van der Waals surface area contributed by atoms with Crippen LogP contribution in [0.2, 0.25) is 0 Å². The topological polar surface area (TPSA) is 97.5 Å². The second-order valence-electron chi connectivity index (χ2n) is 4.81. The van der Waals surface area contributed by atoms with E-state index in [0.717, 1.165) is 6.08 Å². The summed E-state index contributed by atoms with van der Waals surface area (Å²) in [6.07, 6.45) is 2.20. The van der Waals surface area contributed by atoms with Crippen LogP contribution in [0.5, 0.6) is 0 Å². The van der Waals surface area contributed by atoms with Gasteiger partial charge in [-0.15, -0.1) is 0 Å². The van der Waals surface area contributed by atoms with Crippen LogP contribution in [0, 0.1) is 10.1 Å². The van der Waals surface area contributed by atoms with Crippen molar-refractivity contribution in [2.24, 2.45) is 0 Å². The Morgan fingerprint density at radius 2 is 1.90 bits per heavy atom. The SMILES string of the molecule is CC1([N+](=O)[O-])C=CC(S(=O)(=O)O)=C(c2ccccc2)C1. The minimum atomic E-state index is -4.43. The Morgan fingerprint density at radius 3 is 2.40 bits per heavy atom. The zero-order valence-corrected chi connectivity index (χ0v) is 11.5. The molecule has 1 unspecified atom stereocenters. The van der Waals surface area contributed by atoms with Gasteiger partial charge in [0.05, 0.1) is 4.91 Å². The van der Waals surface area contributed by atoms with Crippen molar-refractivity contribution in [3.63, 3.8) is 0 Å². The normalized spacial score (nSPS) is 22.9. The van der Waals surface area contributed by atoms with Crippen molar-refractivity contribution in [2.75, 3.05) is 0 Å². The molecule has 0 heterocycles. The summed E-state index contributed by atoms with van der Waals surface area (Å²) in [5.41, 5.74) is -0.605. The van der Waals surface area contributed by atoms with Gasteiger partial charge in [-0.25, -0.2) is 0 Å². The van der Waals surface area contributed by atoms with Gasteiger partial charge < -0.3 is 0 Å². The molecule has 1 N–H and O–H groups in total. The maximum absolute atomic E-state index is 11.4. The molecule has 6 nitrogen and oxygen atoms in total. The maximum atomic E-state index is 11.4. The molecule has 1 aromatic rings. The highest BCUT2D eigenvalue weighted by atomic mass is 32.2. The molecule has 0 radical (unpaired) electrons. The number of hydrogen-bond acceptors (Lipinski definition) is 4. The van der Waals surface area contributed by atoms with Crippen molar-refractivity contribution in [3.05, 3.63) is 63.1 Å². The second-order valence-corrected chi connectivity index (χ2v) is 6.20. The number of hydrogen-bond donors (Lipinski definition) is 1. The number of nitro groups is 1. The Hall–Kier alpha value is -1.99. The average molecular weight is 295 g/mol. The van der Waals surface area contributed by atoms with Gasteiger partial charge in [-0.1, -0.05) is 30.3 Å². The number of rotatable bonds is 3. The molecule has 20 heavy (non-hydrogen) atoms. The first-order chi connectivity index (χ1) is 9.24. The van der Waals surface area contributed by atoms with Gasteiger partial charge in [-0.3, -0.25) is 14.7 Å². The fraction of sp³-hybridized carbons (Fsp3) is 0.231. The highest BCUT2D eigenvalue weighted by Gasteiger charge is 2.40. The van der Waals surface area contributed by atoms with E-state index in [9.17, 15) is 23.1 Å². The smallest absolute Gasteiger partial charge is 0.282 e. The van der Waals surface area contributed by atoms with Gasteiger partial charge in [0.25, 0.3) is 10.1 Å². The van der Waals surface area contributed by atoms with E-state index >= 15 is 0 Å². The Bertz CT molecular complexity index is 706. The van der Waals surface area contributed by atoms with Gasteiger partial charge in [-0.05, 0) is 23.3 Å². The average Bonchev–Trinajstić information content (AvgIpc) is 2.38. The highest BCUT2D eigenvalue weighted by Crippen LogP contribution is 2.37. The molecule has 1 aliphatic carbocycles. The van der Waals surface area contributed by atoms with Gasteiger partial charge in [0, 0.05) is 18.3 Å². The van der Waals surface area contributed by atoms with E-state index in [-0.39, 0.29) is 16.9 Å². The first-order valence-electron chi connectivity index (χ1n) is 5.84. The Kier molecular flexibility index (Phi) is 3.49. The van der Waals surface area contributed by atoms with Crippen LogP contribution in [-0.4, -0.2) is 23.4 Å². The molecule has 0 saturated carbocycles. The fourth-order valence-electron chi connectivity index (χ4n) is 2.11. The predicted molar refractivity (Wildman–Crippen MR) is 74.1 cm³/mol. The molecule has 1 atom stereocenters. The van der Waals surface area contributed by atoms with Crippen LogP contribution in [0.4, 0.5) is 0 Å². The van der Waals surface area contributed by atoms with Crippen LogP contribution in [0.15, 0.2) is 47.4 Å². The second kappa shape index (κ2) is 4.84. The molecular formula is C13H13NO5S. The lowest BCUT2D eigenvalue weighted by molar-refractivity contribution is -0.549. The Labute approximate surface area is 116 Å². The number of benzene rings is 1. The van der Waals surface area contributed by atoms with E-state index in [4.69, 9.17) is 0 Å². The molecule has 0 aliphatic heterocycles. The summed E-state index contributed by atoms with van der Waals surface area (Å²) >= 11 is 0. The van der Waals surface area contributed by atoms with Gasteiger partial charge in [0.1, 0.15) is 0 Å². The van der Waals surface area contributed by atoms with E-state index in [2.05, 4.69) is 0 Å². The van der Waals surface area contributed by atoms with Gasteiger partial charge >= 0.3 is 0 Å². The largest absolute Gasteiger partial charge is 0.294 e. The highest BCUT2D eigenvalue weighted by molar-refractivity contribution is 7.90. The predicted octanol–water partition coefficient (Wildman–Crippen LogP) is 2.28. The first-order valence-corrected chi connectivity index (χ1v) is 7.28. The van der Waals surface area contributed by atoms with Gasteiger partial charge in [0.15, 0.2) is 0 Å². The van der Waals surface area contributed by atoms with Crippen molar-refractivity contribution >= 4 is 15.7 Å². The molecule has 106 valence electrons. The van der Waals surface area contributed by atoms with E-state index in [0.29, 0.717) is 5.56 Å². The van der Waals surface area contributed by atoms with Gasteiger partial charge in [0.2, 0.25) is 5.54 Å². The van der Waals surface area contributed by atoms with Crippen LogP contribution in [0.25, 0.3) is 5.57 Å².